The van der Waals surface area contributed by atoms with Gasteiger partial charge in [-0.1, -0.05) is 20.8 Å². The lowest BCUT2D eigenvalue weighted by molar-refractivity contribution is -0.124. The molecule has 1 heterocycles. The molecule has 0 radical (unpaired) electrons. The second-order valence-electron chi connectivity index (χ2n) is 4.94. The lowest BCUT2D eigenvalue weighted by Gasteiger charge is -2.47. The maximum absolute atomic E-state index is 11.7. The summed E-state index contributed by atoms with van der Waals surface area (Å²) in [4.78, 5) is 13.8. The third-order valence-electron chi connectivity index (χ3n) is 3.50. The number of hydrogen-bond donors (Lipinski definition) is 2. The van der Waals surface area contributed by atoms with Gasteiger partial charge < -0.3 is 11.1 Å². The van der Waals surface area contributed by atoms with Crippen LogP contribution in [-0.2, 0) is 4.79 Å². The highest BCUT2D eigenvalue weighted by atomic mass is 16.2. The molecule has 0 spiro atoms. The summed E-state index contributed by atoms with van der Waals surface area (Å²) in [5.41, 5.74) is 6.00. The van der Waals surface area contributed by atoms with E-state index in [9.17, 15) is 4.79 Å². The summed E-state index contributed by atoms with van der Waals surface area (Å²) >= 11 is 0. The van der Waals surface area contributed by atoms with Gasteiger partial charge in [0.25, 0.3) is 0 Å². The van der Waals surface area contributed by atoms with Crippen molar-refractivity contribution in [2.24, 2.45) is 5.73 Å². The Bertz CT molecular complexity index is 232. The topological polar surface area (TPSA) is 58.4 Å². The molecule has 16 heavy (non-hydrogen) atoms. The third kappa shape index (κ3) is 3.46. The zero-order chi connectivity index (χ0) is 12.2. The Balaban J connectivity index is 2.22. The van der Waals surface area contributed by atoms with Crippen molar-refractivity contribution in [3.05, 3.63) is 0 Å². The zero-order valence-electron chi connectivity index (χ0n) is 10.8. The van der Waals surface area contributed by atoms with E-state index in [0.717, 1.165) is 32.4 Å². The maximum Gasteiger partial charge on any atom is 0.234 e. The van der Waals surface area contributed by atoms with Crippen LogP contribution >= 0.6 is 0 Å². The number of likely N-dealkylation sites (tertiary alicyclic amines) is 1. The first-order chi connectivity index (χ1) is 7.53. The van der Waals surface area contributed by atoms with E-state index in [-0.39, 0.29) is 11.4 Å². The normalized spacial score (nSPS) is 19.6. The summed E-state index contributed by atoms with van der Waals surface area (Å²) in [6.07, 6.45) is 2.98. The fourth-order valence-electron chi connectivity index (χ4n) is 2.15. The van der Waals surface area contributed by atoms with Crippen LogP contribution in [0.25, 0.3) is 0 Å². The van der Waals surface area contributed by atoms with Crippen LogP contribution < -0.4 is 11.1 Å². The number of amides is 1. The molecule has 1 amide bonds. The molecular weight excluding hydrogens is 202 g/mol. The summed E-state index contributed by atoms with van der Waals surface area (Å²) in [5, 5.41) is 3.04. The van der Waals surface area contributed by atoms with Gasteiger partial charge in [0.15, 0.2) is 0 Å². The molecule has 3 N–H and O–H groups in total. The second kappa shape index (κ2) is 5.64. The van der Waals surface area contributed by atoms with Crippen molar-refractivity contribution in [3.8, 4) is 0 Å². The molecule has 4 heteroatoms. The van der Waals surface area contributed by atoms with Gasteiger partial charge >= 0.3 is 0 Å². The molecule has 1 aliphatic rings. The van der Waals surface area contributed by atoms with Crippen LogP contribution in [0.3, 0.4) is 0 Å². The predicted molar refractivity (Wildman–Crippen MR) is 66.2 cm³/mol. The quantitative estimate of drug-likeness (QED) is 0.703. The smallest absolute Gasteiger partial charge is 0.234 e. The van der Waals surface area contributed by atoms with Gasteiger partial charge in [0.05, 0.1) is 6.54 Å². The number of carbonyl (C=O) groups is 1. The van der Waals surface area contributed by atoms with E-state index in [0.29, 0.717) is 12.6 Å². The van der Waals surface area contributed by atoms with Gasteiger partial charge in [-0.05, 0) is 19.3 Å². The van der Waals surface area contributed by atoms with Crippen LogP contribution in [0, 0.1) is 0 Å². The Labute approximate surface area is 98.6 Å². The van der Waals surface area contributed by atoms with E-state index >= 15 is 0 Å². The summed E-state index contributed by atoms with van der Waals surface area (Å²) < 4.78 is 0. The average Bonchev–Trinajstić information content (AvgIpc) is 2.23. The fourth-order valence-corrected chi connectivity index (χ4v) is 2.15. The van der Waals surface area contributed by atoms with Crippen molar-refractivity contribution in [2.75, 3.05) is 19.6 Å². The molecule has 1 rings (SSSR count). The molecule has 0 bridgehead atoms. The van der Waals surface area contributed by atoms with Gasteiger partial charge in [-0.3, -0.25) is 9.69 Å². The van der Waals surface area contributed by atoms with Crippen LogP contribution in [-0.4, -0.2) is 42.0 Å². The van der Waals surface area contributed by atoms with Crippen LogP contribution in [0.1, 0.15) is 40.0 Å². The van der Waals surface area contributed by atoms with Crippen molar-refractivity contribution in [2.45, 2.75) is 51.6 Å². The monoisotopic (exact) mass is 227 g/mol. The van der Waals surface area contributed by atoms with Crippen molar-refractivity contribution >= 4 is 5.91 Å². The number of carbonyl (C=O) groups excluding carboxylic acids is 1. The molecule has 1 fully saturated rings. The van der Waals surface area contributed by atoms with E-state index in [4.69, 9.17) is 5.73 Å². The van der Waals surface area contributed by atoms with E-state index in [2.05, 4.69) is 31.0 Å². The highest BCUT2D eigenvalue weighted by Gasteiger charge is 2.38. The molecule has 1 aliphatic heterocycles. The summed E-state index contributed by atoms with van der Waals surface area (Å²) in [6, 6.07) is 0.322. The minimum atomic E-state index is -0.0464. The minimum absolute atomic E-state index is 0.0464. The van der Waals surface area contributed by atoms with E-state index in [1.165, 1.54) is 0 Å². The number of hydrogen-bond acceptors (Lipinski definition) is 3. The highest BCUT2D eigenvalue weighted by molar-refractivity contribution is 5.78. The summed E-state index contributed by atoms with van der Waals surface area (Å²) in [5.74, 6) is 0.131. The molecule has 0 aromatic rings. The Hall–Kier alpha value is -0.610. The minimum Gasteiger partial charge on any atom is -0.352 e. The van der Waals surface area contributed by atoms with Crippen LogP contribution in [0.5, 0.6) is 0 Å². The summed E-state index contributed by atoms with van der Waals surface area (Å²) in [6.45, 7) is 8.48. The third-order valence-corrected chi connectivity index (χ3v) is 3.50. The highest BCUT2D eigenvalue weighted by Crippen LogP contribution is 2.20. The van der Waals surface area contributed by atoms with E-state index in [1.54, 1.807) is 0 Å². The maximum atomic E-state index is 11.7. The van der Waals surface area contributed by atoms with Crippen LogP contribution in [0.15, 0.2) is 0 Å². The van der Waals surface area contributed by atoms with Crippen molar-refractivity contribution in [1.29, 1.82) is 0 Å². The lowest BCUT2D eigenvalue weighted by atomic mass is 9.88. The molecule has 0 aromatic heterocycles. The number of nitrogens with two attached hydrogens (primary N) is 1. The van der Waals surface area contributed by atoms with Gasteiger partial charge in [-0.15, -0.1) is 0 Å². The molecule has 0 aliphatic carbocycles. The van der Waals surface area contributed by atoms with Gasteiger partial charge in [-0.2, -0.15) is 0 Å². The Kier molecular flexibility index (Phi) is 4.74. The fraction of sp³-hybridized carbons (Fsp3) is 0.917. The van der Waals surface area contributed by atoms with Crippen molar-refractivity contribution in [1.82, 2.24) is 10.2 Å². The van der Waals surface area contributed by atoms with Gasteiger partial charge in [0.1, 0.15) is 0 Å². The number of rotatable bonds is 6. The Morgan fingerprint density at radius 2 is 1.94 bits per heavy atom. The molecule has 0 aromatic carbocycles. The van der Waals surface area contributed by atoms with Crippen LogP contribution in [0.2, 0.25) is 0 Å². The molecule has 0 saturated carbocycles. The van der Waals surface area contributed by atoms with Crippen LogP contribution in [0.4, 0.5) is 0 Å². The SMILES string of the molecule is CCC(CC)NC(=O)CN1CC(N)(CC)C1. The first-order valence-corrected chi connectivity index (χ1v) is 6.33. The number of nitrogens with zero attached hydrogens (tertiary/aromatic N) is 1. The lowest BCUT2D eigenvalue weighted by Crippen LogP contribution is -2.68. The Morgan fingerprint density at radius 3 is 2.38 bits per heavy atom. The first-order valence-electron chi connectivity index (χ1n) is 6.33. The second-order valence-corrected chi connectivity index (χ2v) is 4.94. The van der Waals surface area contributed by atoms with Gasteiger partial charge in [-0.25, -0.2) is 0 Å². The molecule has 0 atom stereocenters. The number of nitrogens with one attached hydrogen (secondary N) is 1. The molecule has 1 saturated heterocycles. The Morgan fingerprint density at radius 1 is 1.38 bits per heavy atom. The summed E-state index contributed by atoms with van der Waals surface area (Å²) in [7, 11) is 0. The van der Waals surface area contributed by atoms with Crippen molar-refractivity contribution < 1.29 is 4.79 Å². The molecule has 0 unspecified atom stereocenters. The van der Waals surface area contributed by atoms with E-state index in [1.807, 2.05) is 0 Å². The standard InChI is InChI=1S/C12H25N3O/c1-4-10(5-2)14-11(16)7-15-8-12(13,6-3)9-15/h10H,4-9,13H2,1-3H3,(H,14,16). The van der Waals surface area contributed by atoms with E-state index < -0.39 is 0 Å². The predicted octanol–water partition coefficient (Wildman–Crippen LogP) is 0.714. The molecule has 94 valence electrons. The average molecular weight is 227 g/mol. The first kappa shape index (κ1) is 13.5. The molecule has 4 nitrogen and oxygen atoms in total. The van der Waals surface area contributed by atoms with Crippen molar-refractivity contribution in [3.63, 3.8) is 0 Å². The van der Waals surface area contributed by atoms with Gasteiger partial charge in [0.2, 0.25) is 5.91 Å². The van der Waals surface area contributed by atoms with Gasteiger partial charge in [0, 0.05) is 24.7 Å². The zero-order valence-corrected chi connectivity index (χ0v) is 10.8. The molecular formula is C12H25N3O. The largest absolute Gasteiger partial charge is 0.352 e.